The van der Waals surface area contributed by atoms with Crippen molar-refractivity contribution in [3.63, 3.8) is 0 Å². The van der Waals surface area contributed by atoms with Gasteiger partial charge >= 0.3 is 5.97 Å². The van der Waals surface area contributed by atoms with Crippen LogP contribution >= 0.6 is 0 Å². The Bertz CT molecular complexity index is 1040. The van der Waals surface area contributed by atoms with E-state index < -0.39 is 11.4 Å². The van der Waals surface area contributed by atoms with Crippen LogP contribution < -0.4 is 4.74 Å². The molecular formula is C35H51N3O2. The zero-order valence-electron chi connectivity index (χ0n) is 25.3. The van der Waals surface area contributed by atoms with Gasteiger partial charge in [-0.1, -0.05) is 90.9 Å². The van der Waals surface area contributed by atoms with Gasteiger partial charge in [-0.2, -0.15) is 5.26 Å². The van der Waals surface area contributed by atoms with Crippen LogP contribution in [-0.4, -0.2) is 15.9 Å². The minimum Gasteiger partial charge on any atom is -0.425 e. The molecule has 0 spiro atoms. The highest BCUT2D eigenvalue weighted by molar-refractivity contribution is 5.81. The summed E-state index contributed by atoms with van der Waals surface area (Å²) < 4.78 is 5.48. The van der Waals surface area contributed by atoms with E-state index in [1.54, 1.807) is 19.1 Å². The van der Waals surface area contributed by atoms with Gasteiger partial charge in [-0.3, -0.25) is 0 Å². The smallest absolute Gasteiger partial charge is 0.331 e. The average molecular weight is 546 g/mol. The summed E-state index contributed by atoms with van der Waals surface area (Å²) in [4.78, 5) is 21.8. The topological polar surface area (TPSA) is 75.9 Å². The second-order valence-electron chi connectivity index (χ2n) is 12.1. The zero-order valence-corrected chi connectivity index (χ0v) is 25.3. The Morgan fingerprint density at radius 3 is 2.00 bits per heavy atom. The molecule has 5 nitrogen and oxygen atoms in total. The summed E-state index contributed by atoms with van der Waals surface area (Å²) in [5, 5.41) is 9.41. The molecule has 3 rings (SSSR count). The minimum absolute atomic E-state index is 0.428. The van der Waals surface area contributed by atoms with Crippen molar-refractivity contribution < 1.29 is 9.53 Å². The Hall–Kier alpha value is -2.74. The Balaban J connectivity index is 1.37. The molecule has 5 heteroatoms. The molecule has 218 valence electrons. The van der Waals surface area contributed by atoms with Gasteiger partial charge in [-0.15, -0.1) is 0 Å². The molecule has 0 saturated heterocycles. The molecule has 1 heterocycles. The largest absolute Gasteiger partial charge is 0.425 e. The van der Waals surface area contributed by atoms with Gasteiger partial charge in [-0.25, -0.2) is 14.8 Å². The first kappa shape index (κ1) is 31.8. The number of esters is 1. The Morgan fingerprint density at radius 2 is 1.45 bits per heavy atom. The van der Waals surface area contributed by atoms with E-state index in [1.807, 2.05) is 31.5 Å². The summed E-state index contributed by atoms with van der Waals surface area (Å²) in [6.07, 6.45) is 25.8. The molecule has 0 bridgehead atoms. The fourth-order valence-electron chi connectivity index (χ4n) is 6.00. The summed E-state index contributed by atoms with van der Waals surface area (Å²) in [6, 6.07) is 9.30. The number of ether oxygens (including phenoxy) is 1. The van der Waals surface area contributed by atoms with Gasteiger partial charge in [-0.05, 0) is 80.7 Å². The molecule has 1 aliphatic rings. The lowest BCUT2D eigenvalue weighted by Gasteiger charge is -2.28. The van der Waals surface area contributed by atoms with Crippen LogP contribution in [0.2, 0.25) is 0 Å². The predicted octanol–water partition coefficient (Wildman–Crippen LogP) is 9.96. The third-order valence-corrected chi connectivity index (χ3v) is 8.73. The van der Waals surface area contributed by atoms with Gasteiger partial charge in [0.15, 0.2) is 11.2 Å². The lowest BCUT2D eigenvalue weighted by Crippen LogP contribution is -2.30. The van der Waals surface area contributed by atoms with Gasteiger partial charge in [0.25, 0.3) is 0 Å². The van der Waals surface area contributed by atoms with Crippen LogP contribution in [0.25, 0.3) is 11.4 Å². The number of carbonyl (C=O) groups is 1. The first-order valence-corrected chi connectivity index (χ1v) is 16.0. The van der Waals surface area contributed by atoms with Crippen molar-refractivity contribution in [1.29, 1.82) is 5.26 Å². The average Bonchev–Trinajstić information content (AvgIpc) is 2.99. The molecule has 1 saturated carbocycles. The van der Waals surface area contributed by atoms with Crippen molar-refractivity contribution in [2.75, 3.05) is 0 Å². The third-order valence-electron chi connectivity index (χ3n) is 8.73. The first-order valence-electron chi connectivity index (χ1n) is 16.0. The van der Waals surface area contributed by atoms with Gasteiger partial charge in [0.1, 0.15) is 5.75 Å². The Labute approximate surface area is 243 Å². The molecule has 0 aliphatic heterocycles. The number of rotatable bonds is 17. The third kappa shape index (κ3) is 10.0. The number of aromatic nitrogens is 2. The van der Waals surface area contributed by atoms with Crippen molar-refractivity contribution in [1.82, 2.24) is 9.97 Å². The standard InChI is InChI=1S/C35H51N3O2/c1-4-6-7-8-9-10-11-12-13-14-15-28-16-18-29(19-17-28)31-25-37-33(38-26-31)30-20-22-32(23-21-30)40-34(39)35(3,27-36)24-5-2/h20-23,25-26,28-29H,4-19,24H2,1-3H3. The number of nitriles is 1. The first-order chi connectivity index (χ1) is 19.5. The van der Waals surface area contributed by atoms with E-state index in [-0.39, 0.29) is 0 Å². The summed E-state index contributed by atoms with van der Waals surface area (Å²) in [5.41, 5.74) is 1.000. The maximum atomic E-state index is 12.5. The predicted molar refractivity (Wildman–Crippen MR) is 163 cm³/mol. The molecular weight excluding hydrogens is 494 g/mol. The Morgan fingerprint density at radius 1 is 0.875 bits per heavy atom. The number of nitrogens with zero attached hydrogens (tertiary/aromatic N) is 3. The fourth-order valence-corrected chi connectivity index (χ4v) is 6.00. The van der Waals surface area contributed by atoms with Crippen LogP contribution in [0.5, 0.6) is 5.75 Å². The molecule has 1 aromatic heterocycles. The van der Waals surface area contributed by atoms with E-state index in [0.29, 0.717) is 23.9 Å². The Kier molecular flexibility index (Phi) is 13.6. The summed E-state index contributed by atoms with van der Waals surface area (Å²) in [6.45, 7) is 5.87. The van der Waals surface area contributed by atoms with E-state index in [0.717, 1.165) is 17.9 Å². The van der Waals surface area contributed by atoms with Gasteiger partial charge in [0.05, 0.1) is 6.07 Å². The number of benzene rings is 1. The summed E-state index contributed by atoms with van der Waals surface area (Å²) in [7, 11) is 0. The number of carbonyl (C=O) groups excluding carboxylic acids is 1. The van der Waals surface area contributed by atoms with Gasteiger partial charge in [0, 0.05) is 18.0 Å². The molecule has 40 heavy (non-hydrogen) atoms. The molecule has 1 aliphatic carbocycles. The number of unbranched alkanes of at least 4 members (excludes halogenated alkanes) is 9. The van der Waals surface area contributed by atoms with Crippen LogP contribution in [-0.2, 0) is 4.79 Å². The van der Waals surface area contributed by atoms with Gasteiger partial charge < -0.3 is 4.74 Å². The van der Waals surface area contributed by atoms with Crippen molar-refractivity contribution in [3.8, 4) is 23.2 Å². The zero-order chi connectivity index (χ0) is 28.6. The second kappa shape index (κ2) is 17.2. The second-order valence-corrected chi connectivity index (χ2v) is 12.1. The van der Waals surface area contributed by atoms with E-state index >= 15 is 0 Å². The molecule has 2 aromatic rings. The monoisotopic (exact) mass is 545 g/mol. The van der Waals surface area contributed by atoms with Crippen molar-refractivity contribution in [2.24, 2.45) is 11.3 Å². The molecule has 1 unspecified atom stereocenters. The highest BCUT2D eigenvalue weighted by Crippen LogP contribution is 2.37. The molecule has 1 atom stereocenters. The maximum absolute atomic E-state index is 12.5. The highest BCUT2D eigenvalue weighted by Gasteiger charge is 2.34. The number of hydrogen-bond acceptors (Lipinski definition) is 5. The van der Waals surface area contributed by atoms with E-state index in [9.17, 15) is 10.1 Å². The van der Waals surface area contributed by atoms with Crippen LogP contribution in [0.15, 0.2) is 36.7 Å². The van der Waals surface area contributed by atoms with Crippen molar-refractivity contribution in [3.05, 3.63) is 42.2 Å². The van der Waals surface area contributed by atoms with Crippen LogP contribution in [0, 0.1) is 22.7 Å². The molecule has 0 radical (unpaired) electrons. The van der Waals surface area contributed by atoms with E-state index in [1.165, 1.54) is 102 Å². The van der Waals surface area contributed by atoms with Crippen molar-refractivity contribution >= 4 is 5.97 Å². The molecule has 0 amide bonds. The van der Waals surface area contributed by atoms with Crippen molar-refractivity contribution in [2.45, 2.75) is 136 Å². The minimum atomic E-state index is -1.13. The lowest BCUT2D eigenvalue weighted by atomic mass is 9.77. The van der Waals surface area contributed by atoms with Crippen LogP contribution in [0.1, 0.15) is 141 Å². The normalized spacial score (nSPS) is 18.6. The molecule has 1 aromatic carbocycles. The lowest BCUT2D eigenvalue weighted by molar-refractivity contribution is -0.142. The number of hydrogen-bond donors (Lipinski definition) is 0. The maximum Gasteiger partial charge on any atom is 0.331 e. The highest BCUT2D eigenvalue weighted by atomic mass is 16.5. The SMILES string of the molecule is CCCCCCCCCCCCC1CCC(c2cnc(-c3ccc(OC(=O)C(C)(C#N)CCC)cc3)nc2)CC1. The summed E-state index contributed by atoms with van der Waals surface area (Å²) in [5.74, 6) is 2.05. The van der Waals surface area contributed by atoms with E-state index in [2.05, 4.69) is 23.0 Å². The molecule has 1 fully saturated rings. The van der Waals surface area contributed by atoms with Gasteiger partial charge in [0.2, 0.25) is 0 Å². The summed E-state index contributed by atoms with van der Waals surface area (Å²) >= 11 is 0. The van der Waals surface area contributed by atoms with Crippen LogP contribution in [0.3, 0.4) is 0 Å². The quantitative estimate of drug-likeness (QED) is 0.112. The van der Waals surface area contributed by atoms with E-state index in [4.69, 9.17) is 4.74 Å². The fraction of sp³-hybridized carbons (Fsp3) is 0.657. The van der Waals surface area contributed by atoms with Crippen LogP contribution in [0.4, 0.5) is 0 Å². The molecule has 0 N–H and O–H groups in total.